The average Bonchev–Trinajstić information content (AvgIpc) is 2.92. The van der Waals surface area contributed by atoms with Gasteiger partial charge in [-0.15, -0.1) is 0 Å². The molecule has 0 fully saturated rings. The van der Waals surface area contributed by atoms with E-state index in [0.717, 1.165) is 11.3 Å². The summed E-state index contributed by atoms with van der Waals surface area (Å²) in [4.78, 5) is 29.0. The normalized spacial score (nSPS) is 10.6. The fraction of sp³-hybridized carbons (Fsp3) is 0.125. The number of aromatic amines is 2. The maximum absolute atomic E-state index is 12.4. The highest BCUT2D eigenvalue weighted by Crippen LogP contribution is 2.17. The number of aromatic nitrogens is 2. The number of benzene rings is 2. The van der Waals surface area contributed by atoms with Gasteiger partial charge in [0.15, 0.2) is 0 Å². The number of carbonyl (C=O) groups excluding carboxylic acids is 1. The van der Waals surface area contributed by atoms with Crippen molar-refractivity contribution in [3.8, 4) is 5.75 Å². The lowest BCUT2D eigenvalue weighted by Crippen LogP contribution is -2.23. The van der Waals surface area contributed by atoms with Gasteiger partial charge in [-0.05, 0) is 18.2 Å². The van der Waals surface area contributed by atoms with Gasteiger partial charge in [-0.1, -0.05) is 24.3 Å². The van der Waals surface area contributed by atoms with Crippen LogP contribution < -0.4 is 15.7 Å². The van der Waals surface area contributed by atoms with Crippen LogP contribution in [0.15, 0.2) is 47.3 Å². The second-order valence-electron chi connectivity index (χ2n) is 4.80. The topological polar surface area (TPSA) is 87.0 Å². The predicted octanol–water partition coefficient (Wildman–Crippen LogP) is 1.79. The Morgan fingerprint density at radius 2 is 1.95 bits per heavy atom. The summed E-state index contributed by atoms with van der Waals surface area (Å²) in [6.45, 7) is 0.341. The SMILES string of the molecule is COc1ccccc1CNC(=O)c1cccc2[nH]c(=O)[nH]c12. The summed E-state index contributed by atoms with van der Waals surface area (Å²) < 4.78 is 5.25. The second-order valence-corrected chi connectivity index (χ2v) is 4.80. The molecule has 0 bridgehead atoms. The van der Waals surface area contributed by atoms with E-state index in [1.54, 1.807) is 25.3 Å². The van der Waals surface area contributed by atoms with Crippen molar-refractivity contribution in [1.82, 2.24) is 15.3 Å². The fourth-order valence-electron chi connectivity index (χ4n) is 2.37. The molecule has 0 aliphatic heterocycles. The van der Waals surface area contributed by atoms with Gasteiger partial charge in [0.05, 0.1) is 23.7 Å². The first-order chi connectivity index (χ1) is 10.7. The van der Waals surface area contributed by atoms with Crippen LogP contribution in [0, 0.1) is 0 Å². The Hall–Kier alpha value is -3.02. The van der Waals surface area contributed by atoms with Crippen molar-refractivity contribution in [1.29, 1.82) is 0 Å². The number of hydrogen-bond donors (Lipinski definition) is 3. The first-order valence-corrected chi connectivity index (χ1v) is 6.80. The summed E-state index contributed by atoms with van der Waals surface area (Å²) >= 11 is 0. The molecule has 22 heavy (non-hydrogen) atoms. The number of rotatable bonds is 4. The first kappa shape index (κ1) is 13.9. The molecule has 0 saturated carbocycles. The van der Waals surface area contributed by atoms with Crippen molar-refractivity contribution in [2.24, 2.45) is 0 Å². The Labute approximate surface area is 126 Å². The Balaban J connectivity index is 1.83. The van der Waals surface area contributed by atoms with Crippen molar-refractivity contribution < 1.29 is 9.53 Å². The minimum absolute atomic E-state index is 0.258. The van der Waals surface area contributed by atoms with Crippen LogP contribution in [-0.2, 0) is 6.54 Å². The zero-order valence-corrected chi connectivity index (χ0v) is 12.0. The summed E-state index contributed by atoms with van der Waals surface area (Å²) in [5.74, 6) is 0.461. The average molecular weight is 297 g/mol. The van der Waals surface area contributed by atoms with E-state index in [0.29, 0.717) is 23.1 Å². The third kappa shape index (κ3) is 2.58. The number of amides is 1. The smallest absolute Gasteiger partial charge is 0.323 e. The van der Waals surface area contributed by atoms with Crippen LogP contribution in [0.4, 0.5) is 0 Å². The number of H-pyrrole nitrogens is 2. The molecule has 3 rings (SSSR count). The standard InChI is InChI=1S/C16H15N3O3/c1-22-13-8-3-2-5-10(13)9-17-15(20)11-6-4-7-12-14(11)19-16(21)18-12/h2-8H,9H2,1H3,(H,17,20)(H2,18,19,21). The van der Waals surface area contributed by atoms with Crippen LogP contribution in [0.25, 0.3) is 11.0 Å². The van der Waals surface area contributed by atoms with Gasteiger partial charge in [-0.25, -0.2) is 4.79 Å². The zero-order valence-electron chi connectivity index (χ0n) is 12.0. The molecule has 0 unspecified atom stereocenters. The highest BCUT2D eigenvalue weighted by molar-refractivity contribution is 6.04. The number of imidazole rings is 1. The van der Waals surface area contributed by atoms with Crippen molar-refractivity contribution >= 4 is 16.9 Å². The molecule has 1 aromatic heterocycles. The molecular formula is C16H15N3O3. The lowest BCUT2D eigenvalue weighted by molar-refractivity contribution is 0.0952. The minimum Gasteiger partial charge on any atom is -0.496 e. The molecule has 1 amide bonds. The van der Waals surface area contributed by atoms with E-state index in [1.807, 2.05) is 24.3 Å². The number of para-hydroxylation sites is 2. The van der Waals surface area contributed by atoms with Gasteiger partial charge in [0.1, 0.15) is 5.75 Å². The number of fused-ring (bicyclic) bond motifs is 1. The lowest BCUT2D eigenvalue weighted by Gasteiger charge is -2.09. The van der Waals surface area contributed by atoms with Crippen LogP contribution >= 0.6 is 0 Å². The van der Waals surface area contributed by atoms with Crippen molar-refractivity contribution in [2.45, 2.75) is 6.54 Å². The van der Waals surface area contributed by atoms with Gasteiger partial charge in [0.25, 0.3) is 5.91 Å². The summed E-state index contributed by atoms with van der Waals surface area (Å²) in [6.07, 6.45) is 0. The van der Waals surface area contributed by atoms with Gasteiger partial charge in [0, 0.05) is 12.1 Å². The van der Waals surface area contributed by atoms with E-state index >= 15 is 0 Å². The van der Waals surface area contributed by atoms with E-state index in [1.165, 1.54) is 0 Å². The highest BCUT2D eigenvalue weighted by Gasteiger charge is 2.12. The van der Waals surface area contributed by atoms with E-state index in [-0.39, 0.29) is 11.6 Å². The molecule has 6 heteroatoms. The van der Waals surface area contributed by atoms with Crippen LogP contribution in [0.5, 0.6) is 5.75 Å². The number of carbonyl (C=O) groups is 1. The predicted molar refractivity (Wildman–Crippen MR) is 83.1 cm³/mol. The Kier molecular flexibility index (Phi) is 3.65. The van der Waals surface area contributed by atoms with E-state index < -0.39 is 0 Å². The van der Waals surface area contributed by atoms with Crippen LogP contribution in [-0.4, -0.2) is 23.0 Å². The monoisotopic (exact) mass is 297 g/mol. The summed E-state index contributed by atoms with van der Waals surface area (Å²) in [5, 5.41) is 2.84. The molecular weight excluding hydrogens is 282 g/mol. The van der Waals surface area contributed by atoms with Gasteiger partial charge in [-0.3, -0.25) is 4.79 Å². The number of methoxy groups -OCH3 is 1. The van der Waals surface area contributed by atoms with Crippen LogP contribution in [0.1, 0.15) is 15.9 Å². The molecule has 112 valence electrons. The van der Waals surface area contributed by atoms with E-state index in [2.05, 4.69) is 15.3 Å². The van der Waals surface area contributed by atoms with Gasteiger partial charge < -0.3 is 20.0 Å². The Morgan fingerprint density at radius 1 is 1.14 bits per heavy atom. The van der Waals surface area contributed by atoms with Crippen molar-refractivity contribution in [2.75, 3.05) is 7.11 Å². The molecule has 1 heterocycles. The van der Waals surface area contributed by atoms with Crippen LogP contribution in [0.2, 0.25) is 0 Å². The van der Waals surface area contributed by atoms with Gasteiger partial charge >= 0.3 is 5.69 Å². The number of nitrogens with one attached hydrogen (secondary N) is 3. The quantitative estimate of drug-likeness (QED) is 0.686. The molecule has 0 atom stereocenters. The Morgan fingerprint density at radius 3 is 2.77 bits per heavy atom. The molecule has 0 spiro atoms. The van der Waals surface area contributed by atoms with Gasteiger partial charge in [0.2, 0.25) is 0 Å². The molecule has 0 aliphatic rings. The third-order valence-electron chi connectivity index (χ3n) is 3.43. The first-order valence-electron chi connectivity index (χ1n) is 6.80. The van der Waals surface area contributed by atoms with Crippen molar-refractivity contribution in [3.63, 3.8) is 0 Å². The summed E-state index contributed by atoms with van der Waals surface area (Å²) in [7, 11) is 1.59. The Bertz CT molecular complexity index is 879. The maximum atomic E-state index is 12.4. The van der Waals surface area contributed by atoms with Crippen molar-refractivity contribution in [3.05, 3.63) is 64.1 Å². The summed E-state index contributed by atoms with van der Waals surface area (Å²) in [5.41, 5.74) is 2.08. The number of hydrogen-bond acceptors (Lipinski definition) is 3. The van der Waals surface area contributed by atoms with Gasteiger partial charge in [-0.2, -0.15) is 0 Å². The van der Waals surface area contributed by atoms with Crippen LogP contribution in [0.3, 0.4) is 0 Å². The largest absolute Gasteiger partial charge is 0.496 e. The molecule has 2 aromatic carbocycles. The van der Waals surface area contributed by atoms with E-state index in [9.17, 15) is 9.59 Å². The fourth-order valence-corrected chi connectivity index (χ4v) is 2.37. The third-order valence-corrected chi connectivity index (χ3v) is 3.43. The zero-order chi connectivity index (χ0) is 15.5. The maximum Gasteiger partial charge on any atom is 0.323 e. The molecule has 0 saturated heterocycles. The molecule has 6 nitrogen and oxygen atoms in total. The lowest BCUT2D eigenvalue weighted by atomic mass is 10.1. The molecule has 0 aliphatic carbocycles. The van der Waals surface area contributed by atoms with E-state index in [4.69, 9.17) is 4.74 Å². The highest BCUT2D eigenvalue weighted by atomic mass is 16.5. The molecule has 0 radical (unpaired) electrons. The second kappa shape index (κ2) is 5.77. The molecule has 3 N–H and O–H groups in total. The summed E-state index contributed by atoms with van der Waals surface area (Å²) in [6, 6.07) is 12.6. The minimum atomic E-state index is -0.333. The molecule has 3 aromatic rings. The number of ether oxygens (including phenoxy) is 1.